The zero-order chi connectivity index (χ0) is 24.0. The quantitative estimate of drug-likeness (QED) is 0.510. The van der Waals surface area contributed by atoms with Crippen LogP contribution in [0.25, 0.3) is 10.8 Å². The van der Waals surface area contributed by atoms with Crippen LogP contribution < -0.4 is 4.74 Å². The maximum atomic E-state index is 14.3. The summed E-state index contributed by atoms with van der Waals surface area (Å²) in [4.78, 5) is 16.9. The van der Waals surface area contributed by atoms with Crippen LogP contribution in [0.4, 0.5) is 0 Å². The van der Waals surface area contributed by atoms with Crippen LogP contribution in [-0.4, -0.2) is 41.0 Å². The van der Waals surface area contributed by atoms with E-state index >= 15 is 0 Å². The molecule has 5 aliphatic rings. The van der Waals surface area contributed by atoms with E-state index in [2.05, 4.69) is 61.3 Å². The third kappa shape index (κ3) is 1.96. The first-order valence-corrected chi connectivity index (χ1v) is 13.0. The second-order valence-electron chi connectivity index (χ2n) is 12.3. The second kappa shape index (κ2) is 5.92. The lowest BCUT2D eigenvalue weighted by atomic mass is 9.33. The molecule has 2 fully saturated rings. The van der Waals surface area contributed by atoms with E-state index in [4.69, 9.17) is 4.74 Å². The molecule has 1 unspecified atom stereocenters. The number of phenols is 1. The van der Waals surface area contributed by atoms with E-state index in [-0.39, 0.29) is 22.4 Å². The van der Waals surface area contributed by atoms with Crippen molar-refractivity contribution in [1.82, 2.24) is 4.90 Å². The third-order valence-corrected chi connectivity index (χ3v) is 11.4. The van der Waals surface area contributed by atoms with Gasteiger partial charge < -0.3 is 14.7 Å². The summed E-state index contributed by atoms with van der Waals surface area (Å²) in [6.07, 6.45) is 4.21. The van der Waals surface area contributed by atoms with Gasteiger partial charge in [0.15, 0.2) is 22.9 Å². The van der Waals surface area contributed by atoms with Gasteiger partial charge in [-0.15, -0.1) is 0 Å². The number of benzene rings is 3. The Hall–Kier alpha value is -2.85. The van der Waals surface area contributed by atoms with E-state index in [1.807, 2.05) is 6.92 Å². The van der Waals surface area contributed by atoms with Gasteiger partial charge in [-0.1, -0.05) is 49.4 Å². The van der Waals surface area contributed by atoms with E-state index in [0.29, 0.717) is 18.2 Å². The molecule has 1 saturated heterocycles. The average molecular weight is 466 g/mol. The molecule has 3 aromatic carbocycles. The Morgan fingerprint density at radius 3 is 2.34 bits per heavy atom. The van der Waals surface area contributed by atoms with E-state index in [1.165, 1.54) is 27.5 Å². The van der Waals surface area contributed by atoms with Gasteiger partial charge in [0.1, 0.15) is 0 Å². The molecule has 2 aliphatic heterocycles. The van der Waals surface area contributed by atoms with Crippen molar-refractivity contribution in [2.24, 2.45) is 10.8 Å². The lowest BCUT2D eigenvalue weighted by Gasteiger charge is -2.72. The molecule has 1 N–H and O–H groups in total. The van der Waals surface area contributed by atoms with Crippen LogP contribution in [0.2, 0.25) is 0 Å². The van der Waals surface area contributed by atoms with Gasteiger partial charge in [-0.3, -0.25) is 4.79 Å². The Labute approximate surface area is 205 Å². The number of Topliss-reactive ketones (excluding diaryl/α,β-unsaturated/α-hetero) is 1. The average Bonchev–Trinajstić information content (AvgIpc) is 3.33. The normalized spacial score (nSPS) is 35.7. The number of fused-ring (bicyclic) bond motifs is 2. The van der Waals surface area contributed by atoms with Gasteiger partial charge in [-0.25, -0.2) is 0 Å². The molecule has 1 saturated carbocycles. The smallest absolute Gasteiger partial charge is 0.177 e. The molecule has 2 bridgehead atoms. The number of hydrogen-bond donors (Lipinski definition) is 1. The number of hydrogen-bond acceptors (Lipinski definition) is 4. The van der Waals surface area contributed by atoms with Gasteiger partial charge in [0, 0.05) is 23.4 Å². The maximum Gasteiger partial charge on any atom is 0.177 e. The standard InChI is InChI=1S/C31H31NO3/c1-28-24-14-20-8-9-23(33)27-26(20)31(28,10-11-32(24)3)29(2,35-27)25(34)17-30(28)15-21-12-18-6-4-5-7-19(18)13-22(21)16-30/h4-9,12-13,24,33H,10-11,14-17H2,1-3H3/t24?,28-,29+,31-/m1/s1. The largest absolute Gasteiger partial charge is 0.504 e. The molecule has 0 amide bonds. The Morgan fingerprint density at radius 2 is 1.66 bits per heavy atom. The van der Waals surface area contributed by atoms with Gasteiger partial charge >= 0.3 is 0 Å². The highest BCUT2D eigenvalue weighted by Gasteiger charge is 2.82. The van der Waals surface area contributed by atoms with Crippen LogP contribution in [0.1, 0.15) is 48.9 Å². The predicted molar refractivity (Wildman–Crippen MR) is 135 cm³/mol. The van der Waals surface area contributed by atoms with E-state index in [1.54, 1.807) is 6.07 Å². The van der Waals surface area contributed by atoms with Gasteiger partial charge in [-0.2, -0.15) is 0 Å². The summed E-state index contributed by atoms with van der Waals surface area (Å²) in [5, 5.41) is 13.5. The van der Waals surface area contributed by atoms with Gasteiger partial charge in [0.25, 0.3) is 0 Å². The highest BCUT2D eigenvalue weighted by Crippen LogP contribution is 2.77. The number of phenolic OH excluding ortho intramolecular Hbond substituents is 1. The van der Waals surface area contributed by atoms with E-state index < -0.39 is 11.0 Å². The maximum absolute atomic E-state index is 14.3. The highest BCUT2D eigenvalue weighted by molar-refractivity contribution is 5.95. The Balaban J connectivity index is 1.43. The minimum atomic E-state index is -0.942. The first kappa shape index (κ1) is 20.4. The highest BCUT2D eigenvalue weighted by atomic mass is 16.5. The number of nitrogens with zero attached hydrogens (tertiary/aromatic N) is 1. The molecule has 4 heteroatoms. The molecule has 35 heavy (non-hydrogen) atoms. The fraction of sp³-hybridized carbons (Fsp3) is 0.452. The van der Waals surface area contributed by atoms with Crippen molar-refractivity contribution in [3.63, 3.8) is 0 Å². The molecule has 4 nitrogen and oxygen atoms in total. The summed E-state index contributed by atoms with van der Waals surface area (Å²) >= 11 is 0. The number of carbonyl (C=O) groups is 1. The number of aromatic hydroxyl groups is 1. The number of carbonyl (C=O) groups excluding carboxylic acids is 1. The number of piperidine rings is 1. The van der Waals surface area contributed by atoms with Gasteiger partial charge in [0.05, 0.1) is 5.41 Å². The summed E-state index contributed by atoms with van der Waals surface area (Å²) in [5.41, 5.74) is 3.47. The fourth-order valence-corrected chi connectivity index (χ4v) is 9.76. The second-order valence-corrected chi connectivity index (χ2v) is 12.3. The van der Waals surface area contributed by atoms with Crippen LogP contribution in [0, 0.1) is 10.8 Å². The number of ether oxygens (including phenoxy) is 1. The molecule has 178 valence electrons. The predicted octanol–water partition coefficient (Wildman–Crippen LogP) is 4.96. The van der Waals surface area contributed by atoms with Crippen molar-refractivity contribution in [3.05, 3.63) is 70.8 Å². The zero-order valence-corrected chi connectivity index (χ0v) is 20.6. The van der Waals surface area contributed by atoms with Crippen molar-refractivity contribution in [3.8, 4) is 11.5 Å². The van der Waals surface area contributed by atoms with Crippen LogP contribution in [0.3, 0.4) is 0 Å². The molecule has 2 heterocycles. The summed E-state index contributed by atoms with van der Waals surface area (Å²) in [6.45, 7) is 5.46. The number of ketones is 1. The molecule has 0 aromatic heterocycles. The topological polar surface area (TPSA) is 49.8 Å². The van der Waals surface area contributed by atoms with Crippen molar-refractivity contribution in [2.45, 2.75) is 63.0 Å². The van der Waals surface area contributed by atoms with Crippen LogP contribution in [0.15, 0.2) is 48.5 Å². The van der Waals surface area contributed by atoms with Crippen molar-refractivity contribution >= 4 is 16.6 Å². The third-order valence-electron chi connectivity index (χ3n) is 11.4. The molecule has 0 radical (unpaired) electrons. The van der Waals surface area contributed by atoms with E-state index in [9.17, 15) is 9.90 Å². The van der Waals surface area contributed by atoms with E-state index in [0.717, 1.165) is 37.8 Å². The van der Waals surface area contributed by atoms with Crippen molar-refractivity contribution in [1.29, 1.82) is 0 Å². The SMILES string of the molecule is CN1CC[C@]23c4c5ccc(O)c4O[C@@]2(C)C(=O)CC2(Cc4cc6ccccc6cc4C2)[C@@]3(C)C1C5. The van der Waals surface area contributed by atoms with Crippen molar-refractivity contribution < 1.29 is 14.6 Å². The Bertz CT molecular complexity index is 1450. The van der Waals surface area contributed by atoms with Crippen molar-refractivity contribution in [2.75, 3.05) is 13.6 Å². The lowest BCUT2D eigenvalue weighted by Crippen LogP contribution is -2.80. The molecule has 2 spiro atoms. The number of likely N-dealkylation sites (N-methyl/N-ethyl adjacent to an activating group) is 1. The summed E-state index contributed by atoms with van der Waals surface area (Å²) in [6, 6.07) is 17.5. The lowest BCUT2D eigenvalue weighted by molar-refractivity contribution is -0.210. The first-order valence-electron chi connectivity index (χ1n) is 13.0. The fourth-order valence-electron chi connectivity index (χ4n) is 9.76. The molecule has 3 aliphatic carbocycles. The minimum Gasteiger partial charge on any atom is -0.504 e. The number of rotatable bonds is 0. The summed E-state index contributed by atoms with van der Waals surface area (Å²) in [5.74, 6) is 0.959. The summed E-state index contributed by atoms with van der Waals surface area (Å²) < 4.78 is 6.63. The molecule has 4 atom stereocenters. The minimum absolute atomic E-state index is 0.170. The van der Waals surface area contributed by atoms with Crippen LogP contribution in [-0.2, 0) is 29.5 Å². The van der Waals surface area contributed by atoms with Gasteiger partial charge in [-0.05, 0) is 85.1 Å². The van der Waals surface area contributed by atoms with Crippen LogP contribution >= 0.6 is 0 Å². The molecular weight excluding hydrogens is 434 g/mol. The molecule has 8 rings (SSSR count). The molecular formula is C31H31NO3. The zero-order valence-electron chi connectivity index (χ0n) is 20.6. The first-order chi connectivity index (χ1) is 16.7. The Morgan fingerprint density at radius 1 is 0.971 bits per heavy atom. The van der Waals surface area contributed by atoms with Crippen LogP contribution in [0.5, 0.6) is 11.5 Å². The Kier molecular flexibility index (Phi) is 3.44. The monoisotopic (exact) mass is 465 g/mol. The molecule has 3 aromatic rings. The summed E-state index contributed by atoms with van der Waals surface area (Å²) in [7, 11) is 2.27. The number of likely N-dealkylation sites (tertiary alicyclic amines) is 1. The van der Waals surface area contributed by atoms with Gasteiger partial charge in [0.2, 0.25) is 0 Å².